The van der Waals surface area contributed by atoms with Crippen molar-refractivity contribution in [3.8, 4) is 5.75 Å². The smallest absolute Gasteiger partial charge is 0.261 e. The van der Waals surface area contributed by atoms with Crippen LogP contribution in [0.1, 0.15) is 37.5 Å². The van der Waals surface area contributed by atoms with Crippen molar-refractivity contribution in [3.05, 3.63) is 59.2 Å². The number of ether oxygens (including phenoxy) is 1. The zero-order valence-corrected chi connectivity index (χ0v) is 14.4. The first-order chi connectivity index (χ1) is 12.9. The molecule has 0 unspecified atom stereocenters. The van der Waals surface area contributed by atoms with Crippen molar-refractivity contribution in [2.45, 2.75) is 6.42 Å². The van der Waals surface area contributed by atoms with Gasteiger partial charge in [0.15, 0.2) is 0 Å². The largest absolute Gasteiger partial charge is 0.550 e. The monoisotopic (exact) mass is 367 g/mol. The van der Waals surface area contributed by atoms with Crippen molar-refractivity contribution < 1.29 is 29.0 Å². The van der Waals surface area contributed by atoms with Crippen LogP contribution in [0.2, 0.25) is 0 Å². The summed E-state index contributed by atoms with van der Waals surface area (Å²) in [6.07, 6.45) is -0.442. The van der Waals surface area contributed by atoms with Gasteiger partial charge in [-0.2, -0.15) is 0 Å². The first-order valence-electron chi connectivity index (χ1n) is 8.07. The highest BCUT2D eigenvalue weighted by Gasteiger charge is 2.35. The molecule has 0 saturated carbocycles. The van der Waals surface area contributed by atoms with Crippen LogP contribution in [0.15, 0.2) is 42.5 Å². The third-order valence-corrected chi connectivity index (χ3v) is 4.12. The number of nitrogens with one attached hydrogen (secondary N) is 1. The molecule has 2 aromatic carbocycles. The van der Waals surface area contributed by atoms with Crippen molar-refractivity contribution in [3.63, 3.8) is 0 Å². The Hall–Kier alpha value is -3.68. The highest BCUT2D eigenvalue weighted by molar-refractivity contribution is 6.22. The number of benzene rings is 2. The van der Waals surface area contributed by atoms with E-state index in [0.717, 1.165) is 4.90 Å². The molecule has 0 saturated heterocycles. The van der Waals surface area contributed by atoms with Gasteiger partial charge in [-0.25, -0.2) is 0 Å². The summed E-state index contributed by atoms with van der Waals surface area (Å²) in [5.41, 5.74) is 0.913. The average Bonchev–Trinajstić information content (AvgIpc) is 2.90. The molecule has 27 heavy (non-hydrogen) atoms. The molecular weight excluding hydrogens is 352 g/mol. The number of aliphatic carboxylic acids is 1. The molecule has 0 spiro atoms. The van der Waals surface area contributed by atoms with Crippen LogP contribution >= 0.6 is 0 Å². The summed E-state index contributed by atoms with van der Waals surface area (Å²) in [4.78, 5) is 48.5. The Labute approximate surface area is 154 Å². The molecule has 1 N–H and O–H groups in total. The summed E-state index contributed by atoms with van der Waals surface area (Å²) in [6.45, 7) is -0.266. The van der Waals surface area contributed by atoms with E-state index in [1.54, 1.807) is 24.3 Å². The number of amides is 3. The lowest BCUT2D eigenvalue weighted by atomic mass is 10.1. The fourth-order valence-electron chi connectivity index (χ4n) is 2.81. The summed E-state index contributed by atoms with van der Waals surface area (Å²) in [6, 6.07) is 11.0. The maximum Gasteiger partial charge on any atom is 0.261 e. The van der Waals surface area contributed by atoms with Gasteiger partial charge in [0.05, 0.1) is 23.8 Å². The number of rotatable bonds is 6. The number of nitrogens with zero attached hydrogens (tertiary/aromatic N) is 1. The quantitative estimate of drug-likeness (QED) is 0.751. The van der Waals surface area contributed by atoms with E-state index in [0.29, 0.717) is 17.0 Å². The van der Waals surface area contributed by atoms with Crippen LogP contribution < -0.4 is 15.2 Å². The molecule has 0 bridgehead atoms. The number of carbonyl (C=O) groups excluding carboxylic acids is 4. The number of hydrogen-bond acceptors (Lipinski definition) is 6. The lowest BCUT2D eigenvalue weighted by molar-refractivity contribution is -0.305. The van der Waals surface area contributed by atoms with Crippen LogP contribution in [0.4, 0.5) is 5.69 Å². The van der Waals surface area contributed by atoms with Crippen LogP contribution in [0.3, 0.4) is 0 Å². The highest BCUT2D eigenvalue weighted by atomic mass is 16.5. The molecule has 1 aliphatic heterocycles. The second-order valence-electron chi connectivity index (χ2n) is 5.80. The molecule has 8 heteroatoms. The SMILES string of the molecule is COc1ccccc1C(=O)Nc1ccc2c(c1)C(=O)N(CCC(=O)[O-])C2=O. The number of para-hydroxylation sites is 1. The second-order valence-corrected chi connectivity index (χ2v) is 5.80. The van der Waals surface area contributed by atoms with Crippen molar-refractivity contribution in [1.82, 2.24) is 4.90 Å². The summed E-state index contributed by atoms with van der Waals surface area (Å²) < 4.78 is 5.15. The Morgan fingerprint density at radius 1 is 1.07 bits per heavy atom. The first kappa shape index (κ1) is 18.1. The highest BCUT2D eigenvalue weighted by Crippen LogP contribution is 2.27. The minimum Gasteiger partial charge on any atom is -0.550 e. The summed E-state index contributed by atoms with van der Waals surface area (Å²) >= 11 is 0. The van der Waals surface area contributed by atoms with Crippen molar-refractivity contribution in [2.75, 3.05) is 19.0 Å². The van der Waals surface area contributed by atoms with Gasteiger partial charge in [-0.1, -0.05) is 12.1 Å². The van der Waals surface area contributed by atoms with Gasteiger partial charge in [0, 0.05) is 24.6 Å². The van der Waals surface area contributed by atoms with Gasteiger partial charge < -0.3 is 20.0 Å². The van der Waals surface area contributed by atoms with Crippen LogP contribution in [0, 0.1) is 0 Å². The molecule has 0 atom stereocenters. The number of carboxylic acid groups (broad SMARTS) is 1. The van der Waals surface area contributed by atoms with Gasteiger partial charge in [0.2, 0.25) is 0 Å². The topological polar surface area (TPSA) is 116 Å². The Bertz CT molecular complexity index is 953. The van der Waals surface area contributed by atoms with Gasteiger partial charge in [-0.3, -0.25) is 19.3 Å². The minimum atomic E-state index is -1.35. The summed E-state index contributed by atoms with van der Waals surface area (Å²) in [5, 5.41) is 13.2. The summed E-state index contributed by atoms with van der Waals surface area (Å²) in [7, 11) is 1.45. The minimum absolute atomic E-state index is 0.108. The van der Waals surface area contributed by atoms with Gasteiger partial charge in [-0.05, 0) is 30.3 Å². The number of carboxylic acids is 1. The van der Waals surface area contributed by atoms with Crippen LogP contribution in [-0.2, 0) is 4.79 Å². The number of carbonyl (C=O) groups is 4. The van der Waals surface area contributed by atoms with Crippen LogP contribution in [0.25, 0.3) is 0 Å². The molecule has 3 rings (SSSR count). The van der Waals surface area contributed by atoms with E-state index in [2.05, 4.69) is 5.32 Å². The predicted molar refractivity (Wildman–Crippen MR) is 92.4 cm³/mol. The Morgan fingerprint density at radius 2 is 1.78 bits per heavy atom. The molecule has 8 nitrogen and oxygen atoms in total. The number of imide groups is 1. The Kier molecular flexibility index (Phi) is 4.89. The Morgan fingerprint density at radius 3 is 2.48 bits per heavy atom. The molecule has 1 aliphatic rings. The molecule has 0 radical (unpaired) electrons. The van der Waals surface area contributed by atoms with E-state index in [9.17, 15) is 24.3 Å². The zero-order chi connectivity index (χ0) is 19.6. The maximum atomic E-state index is 12.5. The van der Waals surface area contributed by atoms with E-state index in [1.807, 2.05) is 0 Å². The number of fused-ring (bicyclic) bond motifs is 1. The third kappa shape index (κ3) is 3.50. The van der Waals surface area contributed by atoms with Crippen LogP contribution in [-0.4, -0.2) is 42.2 Å². The molecular formula is C19H15N2O6-. The predicted octanol–water partition coefficient (Wildman–Crippen LogP) is 0.683. The van der Waals surface area contributed by atoms with Gasteiger partial charge in [-0.15, -0.1) is 0 Å². The van der Waals surface area contributed by atoms with Gasteiger partial charge in [0.25, 0.3) is 17.7 Å². The number of hydrogen-bond donors (Lipinski definition) is 1. The van der Waals surface area contributed by atoms with E-state index in [-0.39, 0.29) is 17.7 Å². The zero-order valence-electron chi connectivity index (χ0n) is 14.4. The van der Waals surface area contributed by atoms with Crippen molar-refractivity contribution >= 4 is 29.4 Å². The molecule has 0 aromatic heterocycles. The first-order valence-corrected chi connectivity index (χ1v) is 8.07. The van der Waals surface area contributed by atoms with Gasteiger partial charge in [0.1, 0.15) is 5.75 Å². The van der Waals surface area contributed by atoms with E-state index in [1.165, 1.54) is 25.3 Å². The Balaban J connectivity index is 1.82. The van der Waals surface area contributed by atoms with Crippen molar-refractivity contribution in [1.29, 1.82) is 0 Å². The maximum absolute atomic E-state index is 12.5. The lowest BCUT2D eigenvalue weighted by Crippen LogP contribution is -2.34. The normalized spacial score (nSPS) is 12.7. The second kappa shape index (κ2) is 7.28. The number of methoxy groups -OCH3 is 1. The molecule has 138 valence electrons. The fourth-order valence-corrected chi connectivity index (χ4v) is 2.81. The van der Waals surface area contributed by atoms with Gasteiger partial charge >= 0.3 is 0 Å². The molecule has 0 fully saturated rings. The van der Waals surface area contributed by atoms with Crippen molar-refractivity contribution in [2.24, 2.45) is 0 Å². The average molecular weight is 367 g/mol. The van der Waals surface area contributed by atoms with E-state index < -0.39 is 30.1 Å². The molecule has 2 aromatic rings. The third-order valence-electron chi connectivity index (χ3n) is 4.12. The molecule has 0 aliphatic carbocycles. The lowest BCUT2D eigenvalue weighted by Gasteiger charge is -2.13. The molecule has 3 amide bonds. The fraction of sp³-hybridized carbons (Fsp3) is 0.158. The summed E-state index contributed by atoms with van der Waals surface area (Å²) in [5.74, 6) is -2.56. The van der Waals surface area contributed by atoms with E-state index in [4.69, 9.17) is 4.74 Å². The molecule has 1 heterocycles. The standard InChI is InChI=1S/C19H16N2O6/c1-27-15-5-3-2-4-13(15)17(24)20-11-6-7-12-14(10-11)19(26)21(18(12)25)9-8-16(22)23/h2-7,10H,8-9H2,1H3,(H,20,24)(H,22,23)/p-1. The van der Waals surface area contributed by atoms with E-state index >= 15 is 0 Å². The number of anilines is 1. The van der Waals surface area contributed by atoms with Crippen LogP contribution in [0.5, 0.6) is 5.75 Å².